The fraction of sp³-hybridized carbons (Fsp3) is 0.200. The van der Waals surface area contributed by atoms with Gasteiger partial charge >= 0.3 is 0 Å². The number of thiophene rings is 1. The first-order chi connectivity index (χ1) is 16.5. The lowest BCUT2D eigenvalue weighted by atomic mass is 10.2. The van der Waals surface area contributed by atoms with Gasteiger partial charge < -0.3 is 15.0 Å². The molecule has 0 saturated carbocycles. The summed E-state index contributed by atoms with van der Waals surface area (Å²) in [6.07, 6.45) is 1.21. The van der Waals surface area contributed by atoms with Crippen molar-refractivity contribution in [2.24, 2.45) is 0 Å². The lowest BCUT2D eigenvalue weighted by Gasteiger charge is -2.11. The third kappa shape index (κ3) is 5.22. The largest absolute Gasteiger partial charge is 0.487 e. The van der Waals surface area contributed by atoms with E-state index < -0.39 is 6.17 Å². The average molecular weight is 497 g/mol. The van der Waals surface area contributed by atoms with Gasteiger partial charge in [-0.3, -0.25) is 0 Å². The van der Waals surface area contributed by atoms with Crippen molar-refractivity contribution in [1.82, 2.24) is 14.9 Å². The maximum atomic E-state index is 13.4. The van der Waals surface area contributed by atoms with Crippen LogP contribution in [0.4, 0.5) is 20.3 Å². The summed E-state index contributed by atoms with van der Waals surface area (Å²) in [5.41, 5.74) is 2.22. The van der Waals surface area contributed by atoms with Gasteiger partial charge in [-0.15, -0.1) is 11.3 Å². The summed E-state index contributed by atoms with van der Waals surface area (Å²) >= 11 is 7.88. The molecule has 2 aromatic carbocycles. The van der Waals surface area contributed by atoms with Gasteiger partial charge in [0, 0.05) is 18.3 Å². The highest BCUT2D eigenvalue weighted by atomic mass is 35.5. The van der Waals surface area contributed by atoms with Gasteiger partial charge in [-0.1, -0.05) is 23.7 Å². The minimum absolute atomic E-state index is 0.208. The minimum atomic E-state index is -0.802. The van der Waals surface area contributed by atoms with Gasteiger partial charge in [0.15, 0.2) is 5.82 Å². The van der Waals surface area contributed by atoms with E-state index in [0.29, 0.717) is 41.7 Å². The number of rotatable bonds is 5. The number of anilines is 2. The highest BCUT2D eigenvalue weighted by Crippen LogP contribution is 2.33. The van der Waals surface area contributed by atoms with Gasteiger partial charge in [0.1, 0.15) is 30.7 Å². The van der Waals surface area contributed by atoms with E-state index in [1.54, 1.807) is 29.2 Å². The van der Waals surface area contributed by atoms with E-state index in [1.807, 2.05) is 12.1 Å². The molecule has 5 nitrogen and oxygen atoms in total. The molecule has 172 valence electrons. The number of hydrogen-bond acceptors (Lipinski definition) is 6. The number of likely N-dealkylation sites (tertiary alicyclic amines) is 1. The van der Waals surface area contributed by atoms with E-state index in [-0.39, 0.29) is 12.4 Å². The molecule has 34 heavy (non-hydrogen) atoms. The van der Waals surface area contributed by atoms with E-state index in [0.717, 1.165) is 20.8 Å². The zero-order valence-corrected chi connectivity index (χ0v) is 19.5. The normalized spacial score (nSPS) is 15.3. The van der Waals surface area contributed by atoms with Crippen LogP contribution in [0.2, 0.25) is 5.02 Å². The Morgan fingerprint density at radius 1 is 1.21 bits per heavy atom. The van der Waals surface area contributed by atoms with Crippen LogP contribution in [0.3, 0.4) is 0 Å². The van der Waals surface area contributed by atoms with E-state index in [2.05, 4.69) is 27.2 Å². The molecule has 0 amide bonds. The summed E-state index contributed by atoms with van der Waals surface area (Å²) < 4.78 is 33.3. The van der Waals surface area contributed by atoms with Crippen molar-refractivity contribution in [2.45, 2.75) is 19.2 Å². The van der Waals surface area contributed by atoms with E-state index >= 15 is 0 Å². The van der Waals surface area contributed by atoms with Gasteiger partial charge in [0.05, 0.1) is 26.7 Å². The fourth-order valence-electron chi connectivity index (χ4n) is 3.58. The summed E-state index contributed by atoms with van der Waals surface area (Å²) in [5, 5.41) is 3.69. The molecule has 0 radical (unpaired) electrons. The average Bonchev–Trinajstić information content (AvgIpc) is 3.43. The third-order valence-corrected chi connectivity index (χ3v) is 6.60. The summed E-state index contributed by atoms with van der Waals surface area (Å²) in [6.45, 7) is 1.21. The Kier molecular flexibility index (Phi) is 6.48. The molecular weight excluding hydrogens is 478 g/mol. The Hall–Kier alpha value is -3.41. The molecule has 9 heteroatoms. The van der Waals surface area contributed by atoms with E-state index in [1.165, 1.54) is 29.8 Å². The van der Waals surface area contributed by atoms with Gasteiger partial charge in [0.25, 0.3) is 0 Å². The number of aromatic nitrogens is 2. The zero-order chi connectivity index (χ0) is 23.5. The molecule has 5 rings (SSSR count). The topological polar surface area (TPSA) is 50.3 Å². The van der Waals surface area contributed by atoms with Gasteiger partial charge in [0.2, 0.25) is 0 Å². The molecule has 0 aliphatic carbocycles. The SMILES string of the molecule is Fc1cccc(COc2ccc(Nc3ncnc4cc(C#CN5CC[C@H](F)C5)sc34)cc2Cl)c1. The van der Waals surface area contributed by atoms with Crippen LogP contribution in [-0.2, 0) is 6.61 Å². The Morgan fingerprint density at radius 2 is 2.12 bits per heavy atom. The number of nitrogens with zero attached hydrogens (tertiary/aromatic N) is 3. The second-order valence-corrected chi connectivity index (χ2v) is 9.26. The first-order valence-electron chi connectivity index (χ1n) is 10.6. The van der Waals surface area contributed by atoms with Crippen LogP contribution >= 0.6 is 22.9 Å². The van der Waals surface area contributed by atoms with Crippen molar-refractivity contribution in [1.29, 1.82) is 0 Å². The molecule has 2 aromatic heterocycles. The Bertz CT molecular complexity index is 1400. The van der Waals surface area contributed by atoms with Crippen molar-refractivity contribution in [3.8, 4) is 17.7 Å². The molecule has 1 saturated heterocycles. The standard InChI is InChI=1S/C25H19ClF2N4OS/c26-21-11-19(4-5-23(21)33-14-16-2-1-3-17(27)10-16)31-25-24-22(29-15-30-25)12-20(34-24)7-9-32-8-6-18(28)13-32/h1-5,10-12,15,18H,6,8,13-14H2,(H,29,30,31)/t18-/m0/s1. The number of alkyl halides is 1. The van der Waals surface area contributed by atoms with Crippen LogP contribution in [-0.4, -0.2) is 34.1 Å². The molecule has 0 bridgehead atoms. The monoisotopic (exact) mass is 496 g/mol. The molecule has 1 aliphatic rings. The Labute approximate surface area is 204 Å². The van der Waals surface area contributed by atoms with Crippen molar-refractivity contribution in [3.05, 3.63) is 76.1 Å². The van der Waals surface area contributed by atoms with Crippen LogP contribution in [0.1, 0.15) is 16.9 Å². The summed E-state index contributed by atoms with van der Waals surface area (Å²) in [6, 6.07) is 16.5. The highest BCUT2D eigenvalue weighted by molar-refractivity contribution is 7.20. The molecule has 0 spiro atoms. The van der Waals surface area contributed by atoms with Crippen molar-refractivity contribution < 1.29 is 13.5 Å². The van der Waals surface area contributed by atoms with Gasteiger partial charge in [-0.25, -0.2) is 18.7 Å². The number of ether oxygens (including phenoxy) is 1. The molecule has 1 atom stereocenters. The molecule has 1 N–H and O–H groups in total. The van der Waals surface area contributed by atoms with Crippen LogP contribution < -0.4 is 10.1 Å². The predicted molar refractivity (Wildman–Crippen MR) is 131 cm³/mol. The van der Waals surface area contributed by atoms with Crippen LogP contribution in [0, 0.1) is 17.8 Å². The summed E-state index contributed by atoms with van der Waals surface area (Å²) in [5.74, 6) is 3.93. The van der Waals surface area contributed by atoms with E-state index in [4.69, 9.17) is 16.3 Å². The number of fused-ring (bicyclic) bond motifs is 1. The third-order valence-electron chi connectivity index (χ3n) is 5.26. The number of halogens is 3. The van der Waals surface area contributed by atoms with Crippen LogP contribution in [0.5, 0.6) is 5.75 Å². The molecule has 0 unspecified atom stereocenters. The highest BCUT2D eigenvalue weighted by Gasteiger charge is 2.19. The number of benzene rings is 2. The first-order valence-corrected chi connectivity index (χ1v) is 11.8. The maximum Gasteiger partial charge on any atom is 0.151 e. The predicted octanol–water partition coefficient (Wildman–Crippen LogP) is 6.16. The number of nitrogens with one attached hydrogen (secondary N) is 1. The smallest absolute Gasteiger partial charge is 0.151 e. The Morgan fingerprint density at radius 3 is 2.91 bits per heavy atom. The quantitative estimate of drug-likeness (QED) is 0.335. The maximum absolute atomic E-state index is 13.4. The van der Waals surface area contributed by atoms with E-state index in [9.17, 15) is 8.78 Å². The lowest BCUT2D eigenvalue weighted by molar-refractivity contribution is 0.306. The zero-order valence-electron chi connectivity index (χ0n) is 17.9. The lowest BCUT2D eigenvalue weighted by Crippen LogP contribution is -2.14. The molecule has 1 aliphatic heterocycles. The van der Waals surface area contributed by atoms with Gasteiger partial charge in [-0.2, -0.15) is 0 Å². The Balaban J connectivity index is 1.30. The molecule has 1 fully saturated rings. The van der Waals surface area contributed by atoms with Crippen LogP contribution in [0.25, 0.3) is 10.2 Å². The van der Waals surface area contributed by atoms with Crippen molar-refractivity contribution >= 4 is 44.7 Å². The first kappa shape index (κ1) is 22.4. The summed E-state index contributed by atoms with van der Waals surface area (Å²) in [4.78, 5) is 11.3. The molecule has 3 heterocycles. The van der Waals surface area contributed by atoms with Crippen molar-refractivity contribution in [2.75, 3.05) is 18.4 Å². The fourth-order valence-corrected chi connectivity index (χ4v) is 4.72. The number of hydrogen-bond donors (Lipinski definition) is 1. The molecular formula is C25H19ClF2N4OS. The molecule has 4 aromatic rings. The van der Waals surface area contributed by atoms with Crippen LogP contribution in [0.15, 0.2) is 54.9 Å². The minimum Gasteiger partial charge on any atom is -0.487 e. The second-order valence-electron chi connectivity index (χ2n) is 7.80. The second kappa shape index (κ2) is 9.84. The summed E-state index contributed by atoms with van der Waals surface area (Å²) in [7, 11) is 0. The van der Waals surface area contributed by atoms with Crippen molar-refractivity contribution in [3.63, 3.8) is 0 Å². The van der Waals surface area contributed by atoms with Gasteiger partial charge in [-0.05, 0) is 54.3 Å².